The average molecular weight is 260 g/mol. The summed E-state index contributed by atoms with van der Waals surface area (Å²) >= 11 is 0. The van der Waals surface area contributed by atoms with Crippen molar-refractivity contribution >= 4 is 5.69 Å². The van der Waals surface area contributed by atoms with Gasteiger partial charge in [-0.2, -0.15) is 0 Å². The molecule has 0 fully saturated rings. The van der Waals surface area contributed by atoms with E-state index in [4.69, 9.17) is 5.73 Å². The van der Waals surface area contributed by atoms with Crippen molar-refractivity contribution in [3.05, 3.63) is 47.3 Å². The first-order valence-electron chi connectivity index (χ1n) is 6.44. The van der Waals surface area contributed by atoms with E-state index in [9.17, 15) is 4.39 Å². The highest BCUT2D eigenvalue weighted by molar-refractivity contribution is 5.47. The molecule has 0 aliphatic carbocycles. The Hall–Kier alpha value is -1.88. The van der Waals surface area contributed by atoms with Gasteiger partial charge in [-0.25, -0.2) is 9.37 Å². The molecule has 4 nitrogen and oxygen atoms in total. The molecule has 1 aromatic carbocycles. The number of nitrogens with two attached hydrogens (primary N) is 1. The fourth-order valence-corrected chi connectivity index (χ4v) is 2.66. The van der Waals surface area contributed by atoms with Gasteiger partial charge in [0.25, 0.3) is 0 Å². The largest absolute Gasteiger partial charge is 0.364 e. The van der Waals surface area contributed by atoms with Crippen LogP contribution in [-0.2, 0) is 19.6 Å². The molecule has 100 valence electrons. The molecule has 19 heavy (non-hydrogen) atoms. The third kappa shape index (κ3) is 2.10. The molecule has 1 aliphatic rings. The van der Waals surface area contributed by atoms with Crippen LogP contribution in [0.4, 0.5) is 10.1 Å². The minimum atomic E-state index is -0.204. The van der Waals surface area contributed by atoms with Gasteiger partial charge in [0.2, 0.25) is 0 Å². The van der Waals surface area contributed by atoms with Crippen molar-refractivity contribution in [2.45, 2.75) is 26.6 Å². The number of nitrogens with zero attached hydrogens (tertiary/aromatic N) is 3. The lowest BCUT2D eigenvalue weighted by molar-refractivity contribution is 0.556. The minimum absolute atomic E-state index is 0.204. The van der Waals surface area contributed by atoms with Crippen LogP contribution in [0.5, 0.6) is 0 Å². The van der Waals surface area contributed by atoms with Gasteiger partial charge < -0.3 is 15.2 Å². The van der Waals surface area contributed by atoms with E-state index in [2.05, 4.69) is 14.5 Å². The normalized spacial score (nSPS) is 14.6. The Labute approximate surface area is 111 Å². The van der Waals surface area contributed by atoms with Crippen LogP contribution in [0.25, 0.3) is 0 Å². The van der Waals surface area contributed by atoms with Gasteiger partial charge in [-0.3, -0.25) is 0 Å². The maximum absolute atomic E-state index is 13.0. The Kier molecular flexibility index (Phi) is 2.98. The van der Waals surface area contributed by atoms with Crippen LogP contribution in [0.15, 0.2) is 24.3 Å². The molecule has 0 spiro atoms. The van der Waals surface area contributed by atoms with Gasteiger partial charge >= 0.3 is 0 Å². The Morgan fingerprint density at radius 1 is 1.26 bits per heavy atom. The van der Waals surface area contributed by atoms with Crippen LogP contribution in [-0.4, -0.2) is 16.1 Å². The molecule has 5 heteroatoms. The van der Waals surface area contributed by atoms with Gasteiger partial charge in [-0.1, -0.05) is 0 Å². The molecule has 0 unspecified atom stereocenters. The summed E-state index contributed by atoms with van der Waals surface area (Å²) in [6.07, 6.45) is 0. The van der Waals surface area contributed by atoms with Crippen LogP contribution in [0.1, 0.15) is 17.2 Å². The maximum atomic E-state index is 13.0. The monoisotopic (exact) mass is 260 g/mol. The fraction of sp³-hybridized carbons (Fsp3) is 0.357. The van der Waals surface area contributed by atoms with E-state index in [1.165, 1.54) is 17.8 Å². The van der Waals surface area contributed by atoms with E-state index in [1.54, 1.807) is 0 Å². The van der Waals surface area contributed by atoms with Crippen LogP contribution in [0.3, 0.4) is 0 Å². The summed E-state index contributed by atoms with van der Waals surface area (Å²) in [5, 5.41) is 0. The lowest BCUT2D eigenvalue weighted by Crippen LogP contribution is -2.34. The SMILES string of the molecule is Cc1nc(CN)c2n1CCN(c1ccc(F)cc1)C2. The Bertz CT molecular complexity index is 588. The first-order valence-corrected chi connectivity index (χ1v) is 6.44. The number of rotatable bonds is 2. The number of aryl methyl sites for hydroxylation is 1. The van der Waals surface area contributed by atoms with Gasteiger partial charge in [0.15, 0.2) is 0 Å². The standard InChI is InChI=1S/C14H17FN4/c1-10-17-13(8-16)14-9-18(6-7-19(10)14)12-4-2-11(15)3-5-12/h2-5H,6-9,16H2,1H3. The number of benzene rings is 1. The molecule has 3 rings (SSSR count). The molecule has 0 radical (unpaired) electrons. The van der Waals surface area contributed by atoms with Gasteiger partial charge in [-0.15, -0.1) is 0 Å². The van der Waals surface area contributed by atoms with E-state index < -0.39 is 0 Å². The number of fused-ring (bicyclic) bond motifs is 1. The molecule has 1 aromatic heterocycles. The number of hydrogen-bond acceptors (Lipinski definition) is 3. The summed E-state index contributed by atoms with van der Waals surface area (Å²) in [7, 11) is 0. The lowest BCUT2D eigenvalue weighted by atomic mass is 10.2. The van der Waals surface area contributed by atoms with Crippen molar-refractivity contribution < 1.29 is 4.39 Å². The number of anilines is 1. The highest BCUT2D eigenvalue weighted by Crippen LogP contribution is 2.24. The summed E-state index contributed by atoms with van der Waals surface area (Å²) in [5.41, 5.74) is 8.92. The van der Waals surface area contributed by atoms with Crippen molar-refractivity contribution in [3.63, 3.8) is 0 Å². The van der Waals surface area contributed by atoms with E-state index in [0.29, 0.717) is 6.54 Å². The topological polar surface area (TPSA) is 47.1 Å². The van der Waals surface area contributed by atoms with Gasteiger partial charge in [0, 0.05) is 25.3 Å². The van der Waals surface area contributed by atoms with Crippen molar-refractivity contribution in [3.8, 4) is 0 Å². The van der Waals surface area contributed by atoms with E-state index in [1.807, 2.05) is 19.1 Å². The maximum Gasteiger partial charge on any atom is 0.123 e. The zero-order chi connectivity index (χ0) is 13.4. The molecule has 0 amide bonds. The highest BCUT2D eigenvalue weighted by Gasteiger charge is 2.21. The zero-order valence-corrected chi connectivity index (χ0v) is 10.9. The zero-order valence-electron chi connectivity index (χ0n) is 10.9. The first kappa shape index (κ1) is 12.2. The van der Waals surface area contributed by atoms with Crippen molar-refractivity contribution in [1.82, 2.24) is 9.55 Å². The van der Waals surface area contributed by atoms with E-state index in [-0.39, 0.29) is 5.82 Å². The molecular formula is C14H17FN4. The number of imidazole rings is 1. The predicted octanol–water partition coefficient (Wildman–Crippen LogP) is 1.81. The Morgan fingerprint density at radius 2 is 2.00 bits per heavy atom. The second-order valence-electron chi connectivity index (χ2n) is 4.81. The molecule has 0 bridgehead atoms. The minimum Gasteiger partial charge on any atom is -0.364 e. The lowest BCUT2D eigenvalue weighted by Gasteiger charge is -2.31. The summed E-state index contributed by atoms with van der Waals surface area (Å²) in [5.74, 6) is 0.818. The fourth-order valence-electron chi connectivity index (χ4n) is 2.66. The summed E-state index contributed by atoms with van der Waals surface area (Å²) < 4.78 is 15.2. The van der Waals surface area contributed by atoms with Crippen LogP contribution in [0, 0.1) is 12.7 Å². The average Bonchev–Trinajstić information content (AvgIpc) is 2.76. The van der Waals surface area contributed by atoms with Crippen molar-refractivity contribution in [1.29, 1.82) is 0 Å². The number of hydrogen-bond donors (Lipinski definition) is 1. The summed E-state index contributed by atoms with van der Waals surface area (Å²) in [6, 6.07) is 6.62. The van der Waals surface area contributed by atoms with Crippen molar-refractivity contribution in [2.24, 2.45) is 5.73 Å². The molecule has 0 saturated heterocycles. The van der Waals surface area contributed by atoms with Gasteiger partial charge in [-0.05, 0) is 31.2 Å². The quantitative estimate of drug-likeness (QED) is 0.895. The molecule has 2 aromatic rings. The predicted molar refractivity (Wildman–Crippen MR) is 72.3 cm³/mol. The smallest absolute Gasteiger partial charge is 0.123 e. The summed E-state index contributed by atoms with van der Waals surface area (Å²) in [4.78, 5) is 6.74. The van der Waals surface area contributed by atoms with E-state index >= 15 is 0 Å². The highest BCUT2D eigenvalue weighted by atomic mass is 19.1. The molecule has 0 saturated carbocycles. The summed E-state index contributed by atoms with van der Waals surface area (Å²) in [6.45, 7) is 5.04. The molecule has 2 heterocycles. The third-order valence-electron chi connectivity index (χ3n) is 3.67. The number of halogens is 1. The van der Waals surface area contributed by atoms with E-state index in [0.717, 1.165) is 36.8 Å². The Morgan fingerprint density at radius 3 is 2.68 bits per heavy atom. The first-order chi connectivity index (χ1) is 9.19. The van der Waals surface area contributed by atoms with Crippen LogP contribution < -0.4 is 10.6 Å². The molecule has 2 N–H and O–H groups in total. The molecule has 0 atom stereocenters. The molecular weight excluding hydrogens is 243 g/mol. The number of aromatic nitrogens is 2. The van der Waals surface area contributed by atoms with Gasteiger partial charge in [0.1, 0.15) is 11.6 Å². The molecule has 1 aliphatic heterocycles. The van der Waals surface area contributed by atoms with Crippen LogP contribution >= 0.6 is 0 Å². The second-order valence-corrected chi connectivity index (χ2v) is 4.81. The third-order valence-corrected chi connectivity index (χ3v) is 3.67. The van der Waals surface area contributed by atoms with Crippen LogP contribution in [0.2, 0.25) is 0 Å². The van der Waals surface area contributed by atoms with Gasteiger partial charge in [0.05, 0.1) is 17.9 Å². The second kappa shape index (κ2) is 4.66. The van der Waals surface area contributed by atoms with Crippen molar-refractivity contribution in [2.75, 3.05) is 11.4 Å². The Balaban J connectivity index is 1.91.